The molecule has 0 radical (unpaired) electrons. The van der Waals surface area contributed by atoms with Crippen molar-refractivity contribution in [1.82, 2.24) is 76.2 Å². The summed E-state index contributed by atoms with van der Waals surface area (Å²) in [7, 11) is 0. The van der Waals surface area contributed by atoms with E-state index in [-0.39, 0.29) is 18.3 Å². The van der Waals surface area contributed by atoms with Crippen LogP contribution in [0.25, 0.3) is 0 Å². The van der Waals surface area contributed by atoms with Crippen molar-refractivity contribution in [3.63, 3.8) is 0 Å². The lowest BCUT2D eigenvalue weighted by Crippen LogP contribution is -2.15. The normalized spacial score (nSPS) is 10.5. The molecule has 0 aliphatic heterocycles. The van der Waals surface area contributed by atoms with Crippen LogP contribution in [0.3, 0.4) is 0 Å². The van der Waals surface area contributed by atoms with Crippen molar-refractivity contribution in [1.29, 1.82) is 0 Å². The first-order chi connectivity index (χ1) is 28.2. The van der Waals surface area contributed by atoms with E-state index in [1.54, 1.807) is 37.2 Å². The molecule has 5 heterocycles. The van der Waals surface area contributed by atoms with Crippen LogP contribution in [-0.4, -0.2) is 76.2 Å². The molecule has 0 amide bonds. The Kier molecular flexibility index (Phi) is 42.6. The second kappa shape index (κ2) is 39.5. The predicted octanol–water partition coefficient (Wildman–Crippen LogP) is 13.0. The molecular weight excluding hydrogens is 775 g/mol. The predicted molar refractivity (Wildman–Crippen MR) is 263 cm³/mol. The molecule has 0 aliphatic carbocycles. The van der Waals surface area contributed by atoms with E-state index in [4.69, 9.17) is 0 Å². The summed E-state index contributed by atoms with van der Waals surface area (Å²) >= 11 is 0. The van der Waals surface area contributed by atoms with E-state index in [1.165, 1.54) is 32.1 Å². The van der Waals surface area contributed by atoms with Crippen LogP contribution < -0.4 is 0 Å². The van der Waals surface area contributed by atoms with Crippen molar-refractivity contribution >= 4 is 0 Å². The number of H-pyrrole nitrogens is 3. The molecule has 5 aromatic heterocycles. The fourth-order valence-corrected chi connectivity index (χ4v) is 2.65. The number of aromatic nitrogens is 15. The summed E-state index contributed by atoms with van der Waals surface area (Å²) in [4.78, 5) is 0. The van der Waals surface area contributed by atoms with E-state index in [1.807, 2.05) is 21.8 Å². The highest BCUT2D eigenvalue weighted by molar-refractivity contribution is 5.07. The molecule has 0 bridgehead atoms. The lowest BCUT2D eigenvalue weighted by molar-refractivity contribution is 0.321. The minimum absolute atomic E-state index is 0. The first-order valence-electron chi connectivity index (χ1n) is 22.4. The van der Waals surface area contributed by atoms with E-state index in [9.17, 15) is 0 Å². The molecule has 0 saturated heterocycles. The lowest BCUT2D eigenvalue weighted by atomic mass is 9.94. The fourth-order valence-electron chi connectivity index (χ4n) is 2.65. The van der Waals surface area contributed by atoms with Crippen molar-refractivity contribution < 1.29 is 0 Å². The van der Waals surface area contributed by atoms with Gasteiger partial charge in [-0.05, 0) is 33.5 Å². The van der Waals surface area contributed by atoms with Gasteiger partial charge in [0.25, 0.3) is 0 Å². The van der Waals surface area contributed by atoms with Gasteiger partial charge in [0.05, 0.1) is 48.6 Å². The average molecular weight is 874 g/mol. The minimum Gasteiger partial charge on any atom is -0.252 e. The van der Waals surface area contributed by atoms with Crippen LogP contribution in [0.5, 0.6) is 0 Å². The number of aromatic amines is 3. The highest BCUT2D eigenvalue weighted by atomic mass is 15.4. The zero-order valence-electron chi connectivity index (χ0n) is 43.3. The van der Waals surface area contributed by atoms with Crippen LogP contribution in [-0.2, 0) is 19.5 Å². The van der Waals surface area contributed by atoms with Gasteiger partial charge in [0, 0.05) is 31.9 Å². The van der Waals surface area contributed by atoms with Gasteiger partial charge in [-0.2, -0.15) is 46.2 Å². The van der Waals surface area contributed by atoms with Crippen LogP contribution in [0.1, 0.15) is 203 Å². The highest BCUT2D eigenvalue weighted by Crippen LogP contribution is 2.18. The first-order valence-corrected chi connectivity index (χ1v) is 22.4. The Morgan fingerprint density at radius 3 is 0.790 bits per heavy atom. The van der Waals surface area contributed by atoms with Crippen LogP contribution in [0.2, 0.25) is 0 Å². The third-order valence-corrected chi connectivity index (χ3v) is 7.56. The smallest absolute Gasteiger partial charge is 0.0887 e. The van der Waals surface area contributed by atoms with Crippen molar-refractivity contribution in [2.24, 2.45) is 33.5 Å². The fraction of sp³-hybridized carbons (Fsp3) is 0.787. The Labute approximate surface area is 381 Å². The molecule has 5 rings (SSSR count). The minimum atomic E-state index is 0. The van der Waals surface area contributed by atoms with Gasteiger partial charge in [0.2, 0.25) is 0 Å². The monoisotopic (exact) mass is 874 g/mol. The maximum atomic E-state index is 4.22. The number of hydrogen-bond acceptors (Lipinski definition) is 10. The Bertz CT molecular complexity index is 1300. The number of nitrogens with one attached hydrogen (secondary N) is 3. The van der Waals surface area contributed by atoms with Gasteiger partial charge in [0.15, 0.2) is 0 Å². The second-order valence-electron chi connectivity index (χ2n) is 20.2. The van der Waals surface area contributed by atoms with E-state index in [0.717, 1.165) is 36.3 Å². The highest BCUT2D eigenvalue weighted by Gasteiger charge is 2.15. The molecule has 3 N–H and O–H groups in total. The number of hydrogen-bond donors (Lipinski definition) is 3. The van der Waals surface area contributed by atoms with Crippen LogP contribution in [0.15, 0.2) is 49.6 Å². The van der Waals surface area contributed by atoms with Crippen molar-refractivity contribution in [3.8, 4) is 0 Å². The van der Waals surface area contributed by atoms with Crippen LogP contribution >= 0.6 is 0 Å². The SMILES string of the molecule is C.CC(C)(C)Cn1cc(Cc2cn(CC(C)(C)C)nn2)nn1.CCC.CCC(C)(C)C.CCC(C)(C)C.CCC(C)C.CCC(C)C.c1cn[nH]n1.c1cn[nH]n1.c1cn[nH]n1. The molecule has 0 aliphatic rings. The third-order valence-electron chi connectivity index (χ3n) is 7.56. The molecule has 0 aromatic carbocycles. The summed E-state index contributed by atoms with van der Waals surface area (Å²) < 4.78 is 3.80. The molecular formula is C47H99N15. The molecule has 5 aromatic rings. The molecule has 62 heavy (non-hydrogen) atoms. The number of rotatable bonds is 6. The topological polar surface area (TPSA) is 186 Å². The van der Waals surface area contributed by atoms with E-state index in [2.05, 4.69) is 219 Å². The maximum Gasteiger partial charge on any atom is 0.0887 e. The summed E-state index contributed by atoms with van der Waals surface area (Å²) in [5.74, 6) is 1.77. The zero-order valence-corrected chi connectivity index (χ0v) is 43.3. The van der Waals surface area contributed by atoms with E-state index in [0.29, 0.717) is 17.3 Å². The molecule has 0 spiro atoms. The van der Waals surface area contributed by atoms with Crippen LogP contribution in [0.4, 0.5) is 0 Å². The Balaban J connectivity index is -0.000000219. The summed E-state index contributed by atoms with van der Waals surface area (Å²) in [5.41, 5.74) is 3.34. The van der Waals surface area contributed by atoms with E-state index < -0.39 is 0 Å². The molecule has 15 nitrogen and oxygen atoms in total. The summed E-state index contributed by atoms with van der Waals surface area (Å²) in [5, 5.41) is 44.8. The van der Waals surface area contributed by atoms with Crippen LogP contribution in [0, 0.1) is 33.5 Å². The van der Waals surface area contributed by atoms with Gasteiger partial charge in [0.1, 0.15) is 0 Å². The third kappa shape index (κ3) is 60.0. The largest absolute Gasteiger partial charge is 0.252 e. The van der Waals surface area contributed by atoms with Gasteiger partial charge in [-0.3, -0.25) is 9.36 Å². The Hall–Kier alpha value is -4.30. The summed E-state index contributed by atoms with van der Waals surface area (Å²) in [6.45, 7) is 50.2. The average Bonchev–Trinajstić information content (AvgIpc) is 4.01. The van der Waals surface area contributed by atoms with Gasteiger partial charge < -0.3 is 0 Å². The molecule has 0 atom stereocenters. The Morgan fingerprint density at radius 2 is 0.661 bits per heavy atom. The quantitative estimate of drug-likeness (QED) is 0.148. The molecule has 15 heteroatoms. The van der Waals surface area contributed by atoms with E-state index >= 15 is 0 Å². The standard InChI is InChI=1S/C15H26N6.2C6H14.2C5H12.C3H8.3C2H3N3.CH4/c1-14(2,3)10-20-8-12(16-18-20)7-13-9-21(19-17-13)11-15(4,5)6;2*1-5-6(2,3)4;2*1-4-5(2)3;1-3-2;3*1-2-4-5-3-1;/h8-9H,7,10-11H2,1-6H3;2*5H2,1-4H3;2*5H,4H2,1-3H3;3H2,1-2H3;3*1-2H,(H,3,4,5);1H4. The summed E-state index contributed by atoms with van der Waals surface area (Å²) in [6, 6.07) is 0. The number of nitrogens with zero attached hydrogens (tertiary/aromatic N) is 12. The summed E-state index contributed by atoms with van der Waals surface area (Å²) in [6.07, 6.45) is 20.6. The van der Waals surface area contributed by atoms with Crippen molar-refractivity contribution in [2.45, 2.75) is 211 Å². The van der Waals surface area contributed by atoms with Gasteiger partial charge >= 0.3 is 0 Å². The van der Waals surface area contributed by atoms with Gasteiger partial charge in [-0.15, -0.1) is 10.2 Å². The Morgan fingerprint density at radius 1 is 0.452 bits per heavy atom. The lowest BCUT2D eigenvalue weighted by Gasteiger charge is -2.16. The maximum absolute atomic E-state index is 4.22. The van der Waals surface area contributed by atoms with Gasteiger partial charge in [-0.1, -0.05) is 202 Å². The second-order valence-corrected chi connectivity index (χ2v) is 20.2. The first kappa shape index (κ1) is 66.8. The zero-order chi connectivity index (χ0) is 48.0. The molecule has 0 saturated carbocycles. The molecule has 0 unspecified atom stereocenters. The van der Waals surface area contributed by atoms with Crippen molar-refractivity contribution in [3.05, 3.63) is 61.0 Å². The molecule has 0 fully saturated rings. The van der Waals surface area contributed by atoms with Gasteiger partial charge in [-0.25, -0.2) is 0 Å². The molecule has 362 valence electrons. The van der Waals surface area contributed by atoms with Crippen molar-refractivity contribution in [2.75, 3.05) is 0 Å².